The first-order chi connectivity index (χ1) is 16.9. The predicted molar refractivity (Wildman–Crippen MR) is 140 cm³/mol. The second kappa shape index (κ2) is 10.2. The summed E-state index contributed by atoms with van der Waals surface area (Å²) in [5.74, 6) is 2.25. The van der Waals surface area contributed by atoms with Crippen LogP contribution in [0, 0.1) is 23.7 Å². The second-order valence-electron chi connectivity index (χ2n) is 11.7. The topological polar surface area (TPSA) is 49.4 Å². The Morgan fingerprint density at radius 2 is 1.69 bits per heavy atom. The Morgan fingerprint density at radius 1 is 1.00 bits per heavy atom. The summed E-state index contributed by atoms with van der Waals surface area (Å²) in [5.41, 5.74) is 3.43. The molecule has 4 atom stereocenters. The highest BCUT2D eigenvalue weighted by atomic mass is 16.2. The summed E-state index contributed by atoms with van der Waals surface area (Å²) >= 11 is 0. The molecule has 1 N–H and O–H groups in total. The van der Waals surface area contributed by atoms with E-state index in [1.54, 1.807) is 0 Å². The molecular weight excluding hydrogens is 432 g/mol. The zero-order valence-corrected chi connectivity index (χ0v) is 21.3. The first-order valence-electron chi connectivity index (χ1n) is 13.6. The van der Waals surface area contributed by atoms with Gasteiger partial charge in [-0.15, -0.1) is 0 Å². The second-order valence-corrected chi connectivity index (χ2v) is 11.7. The van der Waals surface area contributed by atoms with Gasteiger partial charge >= 0.3 is 0 Å². The molecule has 1 saturated heterocycles. The van der Waals surface area contributed by atoms with Gasteiger partial charge in [-0.25, -0.2) is 0 Å². The standard InChI is InChI=1S/C31H40N2O2/c1-22(2)16-24-17-29(34)33(21-24)31(30(35)32-15-13-23-8-4-3-5-9-23)14-12-27-18-25-10-6-7-11-26(25)19-28(27)20-31/h3-11,22,24,27-28H,12-21H2,1-2H3,(H,32,35)/t24-,27+,28-,31-/m1/s1. The van der Waals surface area contributed by atoms with Crippen LogP contribution in [-0.2, 0) is 28.9 Å². The minimum absolute atomic E-state index is 0.0734. The lowest BCUT2D eigenvalue weighted by atomic mass is 9.62. The molecule has 3 aliphatic rings. The maximum atomic E-state index is 14.0. The van der Waals surface area contributed by atoms with Crippen LogP contribution in [0.4, 0.5) is 0 Å². The number of hydrogen-bond acceptors (Lipinski definition) is 2. The summed E-state index contributed by atoms with van der Waals surface area (Å²) in [7, 11) is 0. The van der Waals surface area contributed by atoms with E-state index in [1.807, 2.05) is 23.1 Å². The number of likely N-dealkylation sites (tertiary alicyclic amines) is 1. The minimum atomic E-state index is -0.701. The van der Waals surface area contributed by atoms with Crippen LogP contribution in [0.5, 0.6) is 0 Å². The number of carbonyl (C=O) groups excluding carboxylic acids is 2. The van der Waals surface area contributed by atoms with Gasteiger partial charge in [0.25, 0.3) is 0 Å². The van der Waals surface area contributed by atoms with Crippen molar-refractivity contribution in [2.75, 3.05) is 13.1 Å². The largest absolute Gasteiger partial charge is 0.354 e. The van der Waals surface area contributed by atoms with Crippen LogP contribution in [0.25, 0.3) is 0 Å². The number of nitrogens with one attached hydrogen (secondary N) is 1. The van der Waals surface area contributed by atoms with Gasteiger partial charge < -0.3 is 10.2 Å². The number of fused-ring (bicyclic) bond motifs is 2. The zero-order valence-electron chi connectivity index (χ0n) is 21.3. The summed E-state index contributed by atoms with van der Waals surface area (Å²) in [6.45, 7) is 5.80. The molecule has 2 fully saturated rings. The lowest BCUT2D eigenvalue weighted by Crippen LogP contribution is -2.63. The molecule has 0 radical (unpaired) electrons. The molecule has 4 heteroatoms. The molecule has 0 unspecified atom stereocenters. The van der Waals surface area contributed by atoms with Crippen LogP contribution in [0.2, 0.25) is 0 Å². The molecule has 4 nitrogen and oxygen atoms in total. The van der Waals surface area contributed by atoms with Crippen LogP contribution in [-0.4, -0.2) is 35.3 Å². The average molecular weight is 473 g/mol. The number of benzene rings is 2. The summed E-state index contributed by atoms with van der Waals surface area (Å²) < 4.78 is 0. The number of rotatable bonds is 7. The summed E-state index contributed by atoms with van der Waals surface area (Å²) in [6.07, 6.45) is 7.18. The Balaban J connectivity index is 1.37. The normalized spacial score (nSPS) is 28.0. The summed E-state index contributed by atoms with van der Waals surface area (Å²) in [6, 6.07) is 19.1. The molecule has 0 aromatic heterocycles. The van der Waals surface area contributed by atoms with Gasteiger partial charge in [0.2, 0.25) is 11.8 Å². The van der Waals surface area contributed by atoms with E-state index in [4.69, 9.17) is 0 Å². The van der Waals surface area contributed by atoms with Crippen molar-refractivity contribution in [3.8, 4) is 0 Å². The average Bonchev–Trinajstić information content (AvgIpc) is 3.22. The highest BCUT2D eigenvalue weighted by Crippen LogP contribution is 2.47. The van der Waals surface area contributed by atoms with Crippen LogP contribution < -0.4 is 5.32 Å². The zero-order chi connectivity index (χ0) is 24.4. The van der Waals surface area contributed by atoms with E-state index in [0.717, 1.165) is 51.5 Å². The maximum Gasteiger partial charge on any atom is 0.246 e. The quantitative estimate of drug-likeness (QED) is 0.603. The van der Waals surface area contributed by atoms with Gasteiger partial charge in [-0.05, 0) is 85.3 Å². The molecule has 0 spiro atoms. The van der Waals surface area contributed by atoms with E-state index in [-0.39, 0.29) is 11.8 Å². The van der Waals surface area contributed by atoms with E-state index in [1.165, 1.54) is 16.7 Å². The molecule has 1 heterocycles. The van der Waals surface area contributed by atoms with Crippen molar-refractivity contribution in [2.45, 2.75) is 70.8 Å². The first-order valence-corrected chi connectivity index (χ1v) is 13.6. The smallest absolute Gasteiger partial charge is 0.246 e. The molecule has 35 heavy (non-hydrogen) atoms. The third-order valence-electron chi connectivity index (χ3n) is 8.77. The Morgan fingerprint density at radius 3 is 2.40 bits per heavy atom. The van der Waals surface area contributed by atoms with Gasteiger partial charge in [0.1, 0.15) is 5.54 Å². The molecule has 2 amide bonds. The summed E-state index contributed by atoms with van der Waals surface area (Å²) in [5, 5.41) is 3.28. The molecule has 1 aliphatic heterocycles. The van der Waals surface area contributed by atoms with Crippen LogP contribution in [0.1, 0.15) is 62.6 Å². The van der Waals surface area contributed by atoms with Crippen molar-refractivity contribution >= 4 is 11.8 Å². The first kappa shape index (κ1) is 24.1. The van der Waals surface area contributed by atoms with E-state index in [2.05, 4.69) is 55.6 Å². The fourth-order valence-electron chi connectivity index (χ4n) is 7.11. The van der Waals surface area contributed by atoms with Gasteiger partial charge in [-0.1, -0.05) is 68.4 Å². The molecule has 0 bridgehead atoms. The van der Waals surface area contributed by atoms with Crippen LogP contribution >= 0.6 is 0 Å². The van der Waals surface area contributed by atoms with Gasteiger partial charge in [0.05, 0.1) is 0 Å². The van der Waals surface area contributed by atoms with Gasteiger partial charge in [0.15, 0.2) is 0 Å². The van der Waals surface area contributed by atoms with Crippen molar-refractivity contribution in [2.24, 2.45) is 23.7 Å². The molecule has 1 saturated carbocycles. The lowest BCUT2D eigenvalue weighted by molar-refractivity contribution is -0.149. The third-order valence-corrected chi connectivity index (χ3v) is 8.77. The Bertz CT molecular complexity index is 1050. The highest BCUT2D eigenvalue weighted by Gasteiger charge is 2.54. The highest BCUT2D eigenvalue weighted by molar-refractivity contribution is 5.92. The molecule has 5 rings (SSSR count). The number of nitrogens with zero attached hydrogens (tertiary/aromatic N) is 1. The molecule has 2 aliphatic carbocycles. The Labute approximate surface area is 210 Å². The monoisotopic (exact) mass is 472 g/mol. The fourth-order valence-corrected chi connectivity index (χ4v) is 7.11. The van der Waals surface area contributed by atoms with Gasteiger partial charge in [0, 0.05) is 19.5 Å². The summed E-state index contributed by atoms with van der Waals surface area (Å²) in [4.78, 5) is 29.4. The predicted octanol–water partition coefficient (Wildman–Crippen LogP) is 5.19. The van der Waals surface area contributed by atoms with E-state index in [0.29, 0.717) is 36.6 Å². The van der Waals surface area contributed by atoms with E-state index >= 15 is 0 Å². The third kappa shape index (κ3) is 5.03. The number of amides is 2. The van der Waals surface area contributed by atoms with Gasteiger partial charge in [-0.2, -0.15) is 0 Å². The van der Waals surface area contributed by atoms with Crippen molar-refractivity contribution in [3.63, 3.8) is 0 Å². The van der Waals surface area contributed by atoms with Crippen molar-refractivity contribution < 1.29 is 9.59 Å². The number of carbonyl (C=O) groups is 2. The fraction of sp³-hybridized carbons (Fsp3) is 0.548. The maximum absolute atomic E-state index is 14.0. The van der Waals surface area contributed by atoms with Crippen LogP contribution in [0.3, 0.4) is 0 Å². The molecule has 2 aromatic rings. The minimum Gasteiger partial charge on any atom is -0.354 e. The van der Waals surface area contributed by atoms with Crippen LogP contribution in [0.15, 0.2) is 54.6 Å². The van der Waals surface area contributed by atoms with E-state index < -0.39 is 5.54 Å². The SMILES string of the molecule is CC(C)C[C@@H]1CC(=O)N([C@]2(C(=O)NCCc3ccccc3)CC[C@H]3Cc4ccccc4C[C@@H]3C2)C1. The van der Waals surface area contributed by atoms with Crippen molar-refractivity contribution in [3.05, 3.63) is 71.3 Å². The van der Waals surface area contributed by atoms with Crippen molar-refractivity contribution in [1.82, 2.24) is 10.2 Å². The molecular formula is C31H40N2O2. The van der Waals surface area contributed by atoms with Crippen molar-refractivity contribution in [1.29, 1.82) is 0 Å². The lowest BCUT2D eigenvalue weighted by Gasteiger charge is -2.50. The van der Waals surface area contributed by atoms with E-state index in [9.17, 15) is 9.59 Å². The Kier molecular flexibility index (Phi) is 7.00. The molecule has 186 valence electrons. The number of hydrogen-bond donors (Lipinski definition) is 1. The Hall–Kier alpha value is -2.62. The van der Waals surface area contributed by atoms with Gasteiger partial charge in [-0.3, -0.25) is 9.59 Å². The molecule has 2 aromatic carbocycles.